The molecule has 0 aliphatic carbocycles. The van der Waals surface area contributed by atoms with E-state index in [0.717, 1.165) is 0 Å². The first-order chi connectivity index (χ1) is 4.97. The maximum absolute atomic E-state index is 11.5. The highest BCUT2D eigenvalue weighted by Gasteiger charge is 2.32. The van der Waals surface area contributed by atoms with Crippen molar-refractivity contribution in [3.63, 3.8) is 0 Å². The minimum atomic E-state index is -4.68. The summed E-state index contributed by atoms with van der Waals surface area (Å²) in [5.41, 5.74) is 0.518. The Morgan fingerprint density at radius 1 is 1.55 bits per heavy atom. The number of imidazole rings is 1. The maximum Gasteiger partial charge on any atom is 0.575 e. The predicted molar refractivity (Wildman–Crippen MR) is 30.0 cm³/mol. The molecule has 3 nitrogen and oxygen atoms in total. The topological polar surface area (TPSA) is 37.9 Å². The van der Waals surface area contributed by atoms with Gasteiger partial charge in [-0.15, -0.1) is 13.2 Å². The molecule has 1 heterocycles. The van der Waals surface area contributed by atoms with E-state index in [4.69, 9.17) is 0 Å². The summed E-state index contributed by atoms with van der Waals surface area (Å²) < 4.78 is 37.9. The SMILES string of the molecule is Cc1cnc(OC(F)(F)F)[nH]1. The van der Waals surface area contributed by atoms with Crippen LogP contribution in [0.25, 0.3) is 0 Å². The molecule has 0 aliphatic rings. The van der Waals surface area contributed by atoms with Crippen molar-refractivity contribution in [3.8, 4) is 6.01 Å². The standard InChI is InChI=1S/C5H5F3N2O/c1-3-2-9-4(10-3)11-5(6,7)8/h2H,1H3,(H,9,10). The van der Waals surface area contributed by atoms with Crippen molar-refractivity contribution in [1.82, 2.24) is 9.97 Å². The Labute approximate surface area is 60.2 Å². The first kappa shape index (κ1) is 7.90. The van der Waals surface area contributed by atoms with E-state index < -0.39 is 12.4 Å². The molecule has 0 bridgehead atoms. The molecule has 0 unspecified atom stereocenters. The molecular formula is C5H5F3N2O. The molecule has 1 aromatic heterocycles. The number of nitrogens with one attached hydrogen (secondary N) is 1. The van der Waals surface area contributed by atoms with Gasteiger partial charge in [0.2, 0.25) is 0 Å². The van der Waals surface area contributed by atoms with E-state index in [9.17, 15) is 13.2 Å². The van der Waals surface area contributed by atoms with Crippen LogP contribution in [0, 0.1) is 6.92 Å². The molecule has 0 aliphatic heterocycles. The predicted octanol–water partition coefficient (Wildman–Crippen LogP) is 1.62. The Bertz CT molecular complexity index is 242. The van der Waals surface area contributed by atoms with Crippen LogP contribution in [0.15, 0.2) is 6.20 Å². The summed E-state index contributed by atoms with van der Waals surface area (Å²) in [6.45, 7) is 1.58. The van der Waals surface area contributed by atoms with Crippen LogP contribution in [-0.4, -0.2) is 16.3 Å². The van der Waals surface area contributed by atoms with Crippen molar-refractivity contribution in [2.24, 2.45) is 0 Å². The summed E-state index contributed by atoms with van der Waals surface area (Å²) in [7, 11) is 0. The molecule has 0 amide bonds. The molecule has 11 heavy (non-hydrogen) atoms. The van der Waals surface area contributed by atoms with Gasteiger partial charge in [0.25, 0.3) is 0 Å². The number of H-pyrrole nitrogens is 1. The molecule has 0 saturated carbocycles. The quantitative estimate of drug-likeness (QED) is 0.688. The average Bonchev–Trinajstić information content (AvgIpc) is 2.10. The van der Waals surface area contributed by atoms with Gasteiger partial charge in [0, 0.05) is 5.69 Å². The molecule has 1 rings (SSSR count). The van der Waals surface area contributed by atoms with Crippen LogP contribution in [0.1, 0.15) is 5.69 Å². The van der Waals surface area contributed by atoms with Crippen molar-refractivity contribution >= 4 is 0 Å². The van der Waals surface area contributed by atoms with E-state index in [-0.39, 0.29) is 0 Å². The number of nitrogens with zero attached hydrogens (tertiary/aromatic N) is 1. The first-order valence-electron chi connectivity index (χ1n) is 2.75. The number of alkyl halides is 3. The van der Waals surface area contributed by atoms with Gasteiger partial charge in [-0.3, -0.25) is 0 Å². The highest BCUT2D eigenvalue weighted by molar-refractivity contribution is 5.02. The summed E-state index contributed by atoms with van der Waals surface area (Å²) in [6, 6.07) is -0.532. The number of rotatable bonds is 1. The normalized spacial score (nSPS) is 11.6. The Morgan fingerprint density at radius 3 is 2.55 bits per heavy atom. The maximum atomic E-state index is 11.5. The number of aromatic nitrogens is 2. The number of hydrogen-bond donors (Lipinski definition) is 1. The number of hydrogen-bond acceptors (Lipinski definition) is 2. The van der Waals surface area contributed by atoms with Gasteiger partial charge in [0.05, 0.1) is 6.20 Å². The van der Waals surface area contributed by atoms with Gasteiger partial charge in [-0.2, -0.15) is 0 Å². The van der Waals surface area contributed by atoms with Crippen LogP contribution in [0.3, 0.4) is 0 Å². The summed E-state index contributed by atoms with van der Waals surface area (Å²) in [6.07, 6.45) is -3.43. The second kappa shape index (κ2) is 2.44. The number of aryl methyl sites for hydroxylation is 1. The molecular weight excluding hydrogens is 161 g/mol. The highest BCUT2D eigenvalue weighted by Crippen LogP contribution is 2.18. The molecule has 62 valence electrons. The van der Waals surface area contributed by atoms with E-state index in [2.05, 4.69) is 14.7 Å². The summed E-state index contributed by atoms with van der Waals surface area (Å²) in [5.74, 6) is 0. The van der Waals surface area contributed by atoms with Gasteiger partial charge in [-0.1, -0.05) is 0 Å². The van der Waals surface area contributed by atoms with E-state index in [1.54, 1.807) is 6.92 Å². The van der Waals surface area contributed by atoms with Gasteiger partial charge in [-0.25, -0.2) is 4.98 Å². The number of aromatic amines is 1. The average molecular weight is 166 g/mol. The highest BCUT2D eigenvalue weighted by atomic mass is 19.4. The summed E-state index contributed by atoms with van der Waals surface area (Å²) >= 11 is 0. The summed E-state index contributed by atoms with van der Waals surface area (Å²) in [4.78, 5) is 5.58. The summed E-state index contributed by atoms with van der Waals surface area (Å²) in [5, 5.41) is 0. The number of ether oxygens (including phenoxy) is 1. The third-order valence-electron chi connectivity index (χ3n) is 0.892. The van der Waals surface area contributed by atoms with Gasteiger partial charge < -0.3 is 9.72 Å². The van der Waals surface area contributed by atoms with Crippen molar-refractivity contribution in [2.45, 2.75) is 13.3 Å². The fraction of sp³-hybridized carbons (Fsp3) is 0.400. The fourth-order valence-electron chi connectivity index (χ4n) is 0.550. The Balaban J connectivity index is 2.65. The largest absolute Gasteiger partial charge is 0.575 e. The molecule has 1 N–H and O–H groups in total. The van der Waals surface area contributed by atoms with Crippen molar-refractivity contribution in [3.05, 3.63) is 11.9 Å². The Kier molecular flexibility index (Phi) is 1.76. The third kappa shape index (κ3) is 2.48. The van der Waals surface area contributed by atoms with Crippen molar-refractivity contribution in [2.75, 3.05) is 0 Å². The molecule has 1 aromatic rings. The van der Waals surface area contributed by atoms with Crippen LogP contribution in [0.5, 0.6) is 6.01 Å². The molecule has 0 atom stereocenters. The van der Waals surface area contributed by atoms with E-state index >= 15 is 0 Å². The number of halogens is 3. The lowest BCUT2D eigenvalue weighted by atomic mass is 10.6. The van der Waals surface area contributed by atoms with Crippen LogP contribution in [0.4, 0.5) is 13.2 Å². The minimum Gasteiger partial charge on any atom is -0.372 e. The molecule has 0 radical (unpaired) electrons. The lowest BCUT2D eigenvalue weighted by Gasteiger charge is -2.03. The smallest absolute Gasteiger partial charge is 0.372 e. The second-order valence-corrected chi connectivity index (χ2v) is 1.92. The third-order valence-corrected chi connectivity index (χ3v) is 0.892. The first-order valence-corrected chi connectivity index (χ1v) is 2.75. The zero-order valence-corrected chi connectivity index (χ0v) is 5.57. The van der Waals surface area contributed by atoms with Crippen LogP contribution >= 0.6 is 0 Å². The van der Waals surface area contributed by atoms with Crippen molar-refractivity contribution in [1.29, 1.82) is 0 Å². The van der Waals surface area contributed by atoms with Gasteiger partial charge in [0.1, 0.15) is 0 Å². The molecule has 6 heteroatoms. The zero-order chi connectivity index (χ0) is 8.48. The zero-order valence-electron chi connectivity index (χ0n) is 5.57. The lowest BCUT2D eigenvalue weighted by molar-refractivity contribution is -0.277. The monoisotopic (exact) mass is 166 g/mol. The lowest BCUT2D eigenvalue weighted by Crippen LogP contribution is -2.17. The van der Waals surface area contributed by atoms with E-state index in [1.165, 1.54) is 6.20 Å². The Morgan fingerprint density at radius 2 is 2.18 bits per heavy atom. The van der Waals surface area contributed by atoms with E-state index in [1.807, 2.05) is 0 Å². The minimum absolute atomic E-state index is 0.518. The van der Waals surface area contributed by atoms with E-state index in [0.29, 0.717) is 5.69 Å². The van der Waals surface area contributed by atoms with Crippen LogP contribution < -0.4 is 4.74 Å². The van der Waals surface area contributed by atoms with Crippen molar-refractivity contribution < 1.29 is 17.9 Å². The van der Waals surface area contributed by atoms with Gasteiger partial charge in [0.15, 0.2) is 0 Å². The molecule has 0 aromatic carbocycles. The molecule has 0 fully saturated rings. The van der Waals surface area contributed by atoms with Crippen LogP contribution in [-0.2, 0) is 0 Å². The molecule has 0 saturated heterocycles. The van der Waals surface area contributed by atoms with Crippen LogP contribution in [0.2, 0.25) is 0 Å². The van der Waals surface area contributed by atoms with Gasteiger partial charge in [-0.05, 0) is 6.92 Å². The van der Waals surface area contributed by atoms with Gasteiger partial charge >= 0.3 is 12.4 Å². The second-order valence-electron chi connectivity index (χ2n) is 1.92. The Hall–Kier alpha value is -1.20. The fourth-order valence-corrected chi connectivity index (χ4v) is 0.550. The molecule has 0 spiro atoms.